The average molecular weight is 288 g/mol. The van der Waals surface area contributed by atoms with Crippen LogP contribution in [-0.2, 0) is 21.3 Å². The lowest BCUT2D eigenvalue weighted by atomic mass is 10.2. The zero-order valence-electron chi connectivity index (χ0n) is 9.53. The van der Waals surface area contributed by atoms with Gasteiger partial charge in [0.25, 0.3) is 10.1 Å². The SMILES string of the molecule is CS(=O)(=O)O.O=C(O)Cc1cc2ccccc2s1. The Morgan fingerprint density at radius 3 is 2.39 bits per heavy atom. The predicted octanol–water partition coefficient (Wildman–Crippen LogP) is 2.03. The van der Waals surface area contributed by atoms with Gasteiger partial charge >= 0.3 is 5.97 Å². The molecule has 1 aromatic heterocycles. The maximum atomic E-state index is 10.5. The fourth-order valence-corrected chi connectivity index (χ4v) is 2.33. The molecule has 0 radical (unpaired) electrons. The summed E-state index contributed by atoms with van der Waals surface area (Å²) >= 11 is 1.54. The van der Waals surface area contributed by atoms with Gasteiger partial charge in [-0.3, -0.25) is 9.35 Å². The van der Waals surface area contributed by atoms with Crippen molar-refractivity contribution in [3.8, 4) is 0 Å². The summed E-state index contributed by atoms with van der Waals surface area (Å²) in [7, 11) is -3.67. The van der Waals surface area contributed by atoms with Crippen molar-refractivity contribution in [2.24, 2.45) is 0 Å². The molecule has 2 aromatic rings. The third-order valence-electron chi connectivity index (χ3n) is 1.80. The molecule has 0 fully saturated rings. The van der Waals surface area contributed by atoms with Gasteiger partial charge in [0.05, 0.1) is 12.7 Å². The topological polar surface area (TPSA) is 91.7 Å². The molecule has 0 aliphatic carbocycles. The largest absolute Gasteiger partial charge is 0.481 e. The normalized spacial score (nSPS) is 10.8. The van der Waals surface area contributed by atoms with Crippen molar-refractivity contribution in [3.05, 3.63) is 35.2 Å². The predicted molar refractivity (Wildman–Crippen MR) is 70.6 cm³/mol. The molecule has 0 amide bonds. The Morgan fingerprint density at radius 1 is 1.33 bits per heavy atom. The van der Waals surface area contributed by atoms with E-state index in [0.29, 0.717) is 6.26 Å². The highest BCUT2D eigenvalue weighted by Crippen LogP contribution is 2.25. The number of hydrogen-bond donors (Lipinski definition) is 2. The average Bonchev–Trinajstić information content (AvgIpc) is 2.55. The van der Waals surface area contributed by atoms with Crippen molar-refractivity contribution in [1.82, 2.24) is 0 Å². The van der Waals surface area contributed by atoms with E-state index in [0.717, 1.165) is 15.0 Å². The van der Waals surface area contributed by atoms with Gasteiger partial charge in [0.2, 0.25) is 0 Å². The summed E-state index contributed by atoms with van der Waals surface area (Å²) in [5.74, 6) is -0.772. The number of carboxylic acids is 1. The zero-order valence-corrected chi connectivity index (χ0v) is 11.2. The monoisotopic (exact) mass is 288 g/mol. The van der Waals surface area contributed by atoms with Gasteiger partial charge in [-0.25, -0.2) is 0 Å². The fraction of sp³-hybridized carbons (Fsp3) is 0.182. The third-order valence-corrected chi connectivity index (χ3v) is 2.92. The highest BCUT2D eigenvalue weighted by Gasteiger charge is 2.04. The first-order valence-electron chi connectivity index (χ1n) is 4.87. The van der Waals surface area contributed by atoms with E-state index in [2.05, 4.69) is 0 Å². The van der Waals surface area contributed by atoms with Gasteiger partial charge in [-0.05, 0) is 17.5 Å². The number of rotatable bonds is 2. The van der Waals surface area contributed by atoms with E-state index in [4.69, 9.17) is 9.66 Å². The van der Waals surface area contributed by atoms with Gasteiger partial charge in [-0.2, -0.15) is 8.42 Å². The Labute approximate surface area is 108 Å². The Morgan fingerprint density at radius 2 is 1.89 bits per heavy atom. The van der Waals surface area contributed by atoms with Crippen molar-refractivity contribution in [2.45, 2.75) is 6.42 Å². The van der Waals surface area contributed by atoms with Crippen molar-refractivity contribution in [2.75, 3.05) is 6.26 Å². The first kappa shape index (κ1) is 14.6. The smallest absolute Gasteiger partial charge is 0.308 e. The molecule has 1 aromatic carbocycles. The summed E-state index contributed by atoms with van der Waals surface area (Å²) in [6.07, 6.45) is 0.840. The van der Waals surface area contributed by atoms with Crippen LogP contribution < -0.4 is 0 Å². The number of benzene rings is 1. The van der Waals surface area contributed by atoms with Crippen molar-refractivity contribution in [3.63, 3.8) is 0 Å². The zero-order chi connectivity index (χ0) is 13.8. The molecule has 0 aliphatic rings. The molecule has 1 heterocycles. The van der Waals surface area contributed by atoms with Crippen LogP contribution in [0.2, 0.25) is 0 Å². The van der Waals surface area contributed by atoms with Crippen LogP contribution in [0.3, 0.4) is 0 Å². The molecular weight excluding hydrogens is 276 g/mol. The highest BCUT2D eigenvalue weighted by atomic mass is 32.2. The number of thiophene rings is 1. The van der Waals surface area contributed by atoms with Gasteiger partial charge in [-0.15, -0.1) is 11.3 Å². The second-order valence-electron chi connectivity index (χ2n) is 3.55. The van der Waals surface area contributed by atoms with E-state index in [1.54, 1.807) is 11.3 Å². The Balaban J connectivity index is 0.000000280. The first-order chi connectivity index (χ1) is 8.25. The van der Waals surface area contributed by atoms with Crippen LogP contribution in [0, 0.1) is 0 Å². The van der Waals surface area contributed by atoms with Crippen molar-refractivity contribution in [1.29, 1.82) is 0 Å². The fourth-order valence-electron chi connectivity index (χ4n) is 1.27. The van der Waals surface area contributed by atoms with Crippen molar-refractivity contribution < 1.29 is 22.9 Å². The molecular formula is C11H12O5S2. The maximum absolute atomic E-state index is 10.5. The number of fused-ring (bicyclic) bond motifs is 1. The van der Waals surface area contributed by atoms with E-state index in [1.807, 2.05) is 30.3 Å². The van der Waals surface area contributed by atoms with Crippen molar-refractivity contribution >= 4 is 37.5 Å². The summed E-state index contributed by atoms with van der Waals surface area (Å²) in [5.41, 5.74) is 0. The quantitative estimate of drug-likeness (QED) is 0.825. The van der Waals surface area contributed by atoms with E-state index >= 15 is 0 Å². The van der Waals surface area contributed by atoms with E-state index in [1.165, 1.54) is 0 Å². The third kappa shape index (κ3) is 5.76. The molecule has 0 bridgehead atoms. The standard InChI is InChI=1S/C10H8O2S.CH4O3S/c11-10(12)6-8-5-7-3-1-2-4-9(7)13-8;1-5(2,3)4/h1-5H,6H2,(H,11,12);1H3,(H,2,3,4). The van der Waals surface area contributed by atoms with Gasteiger partial charge in [0.1, 0.15) is 0 Å². The molecule has 5 nitrogen and oxygen atoms in total. The molecule has 7 heteroatoms. The minimum atomic E-state index is -3.67. The summed E-state index contributed by atoms with van der Waals surface area (Å²) in [5, 5.41) is 9.73. The van der Waals surface area contributed by atoms with E-state index in [-0.39, 0.29) is 6.42 Å². The van der Waals surface area contributed by atoms with Crippen LogP contribution in [0.1, 0.15) is 4.88 Å². The van der Waals surface area contributed by atoms with Crippen LogP contribution in [0.5, 0.6) is 0 Å². The molecule has 18 heavy (non-hydrogen) atoms. The second-order valence-corrected chi connectivity index (χ2v) is 6.19. The summed E-state index contributed by atoms with van der Waals surface area (Å²) in [6, 6.07) is 9.86. The van der Waals surface area contributed by atoms with E-state index in [9.17, 15) is 13.2 Å². The number of carbonyl (C=O) groups is 1. The van der Waals surface area contributed by atoms with Crippen LogP contribution in [0.25, 0.3) is 10.1 Å². The van der Waals surface area contributed by atoms with Crippen LogP contribution in [0.15, 0.2) is 30.3 Å². The number of carboxylic acid groups (broad SMARTS) is 1. The number of hydrogen-bond acceptors (Lipinski definition) is 4. The van der Waals surface area contributed by atoms with Gasteiger partial charge in [0, 0.05) is 9.58 Å². The summed E-state index contributed by atoms with van der Waals surface area (Å²) < 4.78 is 27.0. The van der Waals surface area contributed by atoms with Crippen LogP contribution in [-0.4, -0.2) is 30.3 Å². The van der Waals surface area contributed by atoms with Crippen LogP contribution >= 0.6 is 11.3 Å². The molecule has 2 N–H and O–H groups in total. The minimum Gasteiger partial charge on any atom is -0.481 e. The molecule has 0 unspecified atom stereocenters. The lowest BCUT2D eigenvalue weighted by Gasteiger charge is -1.85. The Kier molecular flexibility index (Phi) is 4.83. The molecule has 0 aliphatic heterocycles. The minimum absolute atomic E-state index is 0.124. The molecule has 98 valence electrons. The molecule has 0 spiro atoms. The Hall–Kier alpha value is -1.44. The van der Waals surface area contributed by atoms with Gasteiger partial charge in [0.15, 0.2) is 0 Å². The summed E-state index contributed by atoms with van der Waals surface area (Å²) in [6.45, 7) is 0. The van der Waals surface area contributed by atoms with Gasteiger partial charge < -0.3 is 5.11 Å². The van der Waals surface area contributed by atoms with Gasteiger partial charge in [-0.1, -0.05) is 18.2 Å². The molecule has 0 saturated carbocycles. The first-order valence-corrected chi connectivity index (χ1v) is 7.54. The highest BCUT2D eigenvalue weighted by molar-refractivity contribution is 7.85. The lowest BCUT2D eigenvalue weighted by Crippen LogP contribution is -1.96. The van der Waals surface area contributed by atoms with E-state index < -0.39 is 16.1 Å². The summed E-state index contributed by atoms with van der Waals surface area (Å²) in [4.78, 5) is 11.4. The van der Waals surface area contributed by atoms with Crippen LogP contribution in [0.4, 0.5) is 0 Å². The molecule has 2 rings (SSSR count). The number of aliphatic carboxylic acids is 1. The molecule has 0 atom stereocenters. The maximum Gasteiger partial charge on any atom is 0.308 e. The molecule has 0 saturated heterocycles. The second kappa shape index (κ2) is 5.94. The Bertz CT molecular complexity index is 601. The lowest BCUT2D eigenvalue weighted by molar-refractivity contribution is -0.136.